The second-order valence-corrected chi connectivity index (χ2v) is 6.81. The van der Waals surface area contributed by atoms with Gasteiger partial charge in [0.05, 0.1) is 12.1 Å². The Hall–Kier alpha value is -2.95. The normalized spacial score (nSPS) is 14.8. The van der Waals surface area contributed by atoms with E-state index in [1.807, 2.05) is 48.2 Å². The number of aromatic amines is 1. The van der Waals surface area contributed by atoms with Crippen molar-refractivity contribution in [3.63, 3.8) is 0 Å². The average molecular weight is 349 g/mol. The number of phenolic OH excluding ortho intramolecular Hbond substituents is 1. The van der Waals surface area contributed by atoms with E-state index in [4.69, 9.17) is 0 Å². The highest BCUT2D eigenvalue weighted by Gasteiger charge is 2.23. The molecule has 0 unspecified atom stereocenters. The molecule has 26 heavy (non-hydrogen) atoms. The molecular formula is C21H23N3O2. The summed E-state index contributed by atoms with van der Waals surface area (Å²) in [5.74, 6) is 0.455. The van der Waals surface area contributed by atoms with Crippen LogP contribution < -0.4 is 4.90 Å². The number of hydrogen-bond acceptors (Lipinski definition) is 3. The first-order valence-electron chi connectivity index (χ1n) is 9.00. The molecule has 0 atom stereocenters. The van der Waals surface area contributed by atoms with Crippen molar-refractivity contribution >= 4 is 22.5 Å². The molecule has 5 nitrogen and oxygen atoms in total. The quantitative estimate of drug-likeness (QED) is 0.764. The summed E-state index contributed by atoms with van der Waals surface area (Å²) in [5.41, 5.74) is 4.07. The number of phenols is 1. The predicted octanol–water partition coefficient (Wildman–Crippen LogP) is 3.07. The van der Waals surface area contributed by atoms with Gasteiger partial charge in [0.25, 0.3) is 0 Å². The molecule has 0 aliphatic carbocycles. The minimum Gasteiger partial charge on any atom is -0.506 e. The number of H-pyrrole nitrogens is 1. The third-order valence-corrected chi connectivity index (χ3v) is 5.21. The number of aromatic hydroxyl groups is 1. The molecule has 0 spiro atoms. The maximum atomic E-state index is 12.8. The molecule has 1 aromatic heterocycles. The predicted molar refractivity (Wildman–Crippen MR) is 104 cm³/mol. The number of nitrogens with zero attached hydrogens (tertiary/aromatic N) is 2. The number of fused-ring (bicyclic) bond motifs is 1. The number of rotatable bonds is 3. The van der Waals surface area contributed by atoms with Crippen molar-refractivity contribution in [1.82, 2.24) is 9.88 Å². The van der Waals surface area contributed by atoms with Crippen molar-refractivity contribution in [3.8, 4) is 5.75 Å². The van der Waals surface area contributed by atoms with Crippen LogP contribution in [0.4, 0.5) is 5.69 Å². The molecule has 5 heteroatoms. The largest absolute Gasteiger partial charge is 0.506 e. The summed E-state index contributed by atoms with van der Waals surface area (Å²) in [6.45, 7) is 4.84. The number of anilines is 1. The summed E-state index contributed by atoms with van der Waals surface area (Å²) in [4.78, 5) is 20.2. The van der Waals surface area contributed by atoms with Gasteiger partial charge < -0.3 is 19.9 Å². The molecule has 134 valence electrons. The Morgan fingerprint density at radius 1 is 1.04 bits per heavy atom. The fourth-order valence-electron chi connectivity index (χ4n) is 3.75. The van der Waals surface area contributed by atoms with Crippen LogP contribution in [0.2, 0.25) is 0 Å². The molecule has 2 N–H and O–H groups in total. The molecular weight excluding hydrogens is 326 g/mol. The Kier molecular flexibility index (Phi) is 4.29. The van der Waals surface area contributed by atoms with Crippen molar-refractivity contribution in [2.75, 3.05) is 31.1 Å². The Morgan fingerprint density at radius 2 is 1.73 bits per heavy atom. The smallest absolute Gasteiger partial charge is 0.227 e. The van der Waals surface area contributed by atoms with Crippen LogP contribution in [0.3, 0.4) is 0 Å². The van der Waals surface area contributed by atoms with Gasteiger partial charge in [0.2, 0.25) is 5.91 Å². The van der Waals surface area contributed by atoms with Crippen molar-refractivity contribution in [2.45, 2.75) is 13.3 Å². The van der Waals surface area contributed by atoms with Crippen LogP contribution in [0, 0.1) is 6.92 Å². The molecule has 3 aromatic rings. The van der Waals surface area contributed by atoms with E-state index in [1.54, 1.807) is 6.07 Å². The van der Waals surface area contributed by atoms with Crippen LogP contribution in [0.1, 0.15) is 11.3 Å². The van der Waals surface area contributed by atoms with Gasteiger partial charge in [-0.3, -0.25) is 4.79 Å². The van der Waals surface area contributed by atoms with Gasteiger partial charge in [0.1, 0.15) is 5.75 Å². The number of carbonyl (C=O) groups excluding carboxylic acids is 1. The maximum Gasteiger partial charge on any atom is 0.227 e. The Morgan fingerprint density at radius 3 is 2.50 bits per heavy atom. The van der Waals surface area contributed by atoms with Crippen molar-refractivity contribution in [1.29, 1.82) is 0 Å². The Labute approximate surface area is 152 Å². The van der Waals surface area contributed by atoms with E-state index in [-0.39, 0.29) is 5.91 Å². The van der Waals surface area contributed by atoms with Crippen LogP contribution in [-0.4, -0.2) is 47.1 Å². The molecule has 2 heterocycles. The number of aryl methyl sites for hydroxylation is 1. The van der Waals surface area contributed by atoms with Crippen LogP contribution in [0.5, 0.6) is 5.75 Å². The number of piperazine rings is 1. The minimum atomic E-state index is 0.162. The molecule has 1 saturated heterocycles. The van der Waals surface area contributed by atoms with E-state index >= 15 is 0 Å². The van der Waals surface area contributed by atoms with Gasteiger partial charge in [-0.25, -0.2) is 0 Å². The molecule has 4 rings (SSSR count). The lowest BCUT2D eigenvalue weighted by atomic mass is 10.1. The fraction of sp³-hybridized carbons (Fsp3) is 0.286. The molecule has 1 aliphatic heterocycles. The number of benzene rings is 2. The second-order valence-electron chi connectivity index (χ2n) is 6.81. The topological polar surface area (TPSA) is 59.6 Å². The lowest BCUT2D eigenvalue weighted by Crippen LogP contribution is -2.49. The Bertz CT molecular complexity index is 939. The summed E-state index contributed by atoms with van der Waals surface area (Å²) >= 11 is 0. The van der Waals surface area contributed by atoms with Gasteiger partial charge in [0, 0.05) is 42.8 Å². The van der Waals surface area contributed by atoms with Crippen molar-refractivity contribution in [2.24, 2.45) is 0 Å². The molecule has 1 amide bonds. The van der Waals surface area contributed by atoms with E-state index in [2.05, 4.69) is 16.0 Å². The number of aromatic nitrogens is 1. The van der Waals surface area contributed by atoms with Gasteiger partial charge in [-0.05, 0) is 30.7 Å². The average Bonchev–Trinajstić information content (AvgIpc) is 2.98. The summed E-state index contributed by atoms with van der Waals surface area (Å²) in [7, 11) is 0. The third-order valence-electron chi connectivity index (χ3n) is 5.21. The lowest BCUT2D eigenvalue weighted by molar-refractivity contribution is -0.130. The number of para-hydroxylation sites is 3. The van der Waals surface area contributed by atoms with Crippen molar-refractivity contribution in [3.05, 3.63) is 59.8 Å². The summed E-state index contributed by atoms with van der Waals surface area (Å²) in [5, 5.41) is 11.1. The Balaban J connectivity index is 1.44. The maximum absolute atomic E-state index is 12.8. The van der Waals surface area contributed by atoms with E-state index in [1.165, 1.54) is 0 Å². The first kappa shape index (κ1) is 16.5. The van der Waals surface area contributed by atoms with Crippen molar-refractivity contribution < 1.29 is 9.90 Å². The third kappa shape index (κ3) is 3.01. The van der Waals surface area contributed by atoms with Crippen LogP contribution in [0.25, 0.3) is 10.9 Å². The highest BCUT2D eigenvalue weighted by molar-refractivity contribution is 5.90. The zero-order valence-corrected chi connectivity index (χ0v) is 14.9. The van der Waals surface area contributed by atoms with Crippen LogP contribution in [-0.2, 0) is 11.2 Å². The summed E-state index contributed by atoms with van der Waals surface area (Å²) < 4.78 is 0. The highest BCUT2D eigenvalue weighted by atomic mass is 16.3. The number of hydrogen-bond donors (Lipinski definition) is 2. The molecule has 1 fully saturated rings. The van der Waals surface area contributed by atoms with Gasteiger partial charge in [-0.2, -0.15) is 0 Å². The summed E-state index contributed by atoms with van der Waals surface area (Å²) in [6.07, 6.45) is 0.423. The molecule has 1 aliphatic rings. The van der Waals surface area contributed by atoms with E-state index < -0.39 is 0 Å². The van der Waals surface area contributed by atoms with Gasteiger partial charge in [-0.15, -0.1) is 0 Å². The van der Waals surface area contributed by atoms with E-state index in [0.717, 1.165) is 40.9 Å². The van der Waals surface area contributed by atoms with Crippen LogP contribution >= 0.6 is 0 Å². The molecule has 0 radical (unpaired) electrons. The standard InChI is InChI=1S/C21H23N3O2/c1-15-17(16-6-2-3-7-18(16)22-15)14-21(26)24-12-10-23(11-13-24)19-8-4-5-9-20(19)25/h2-9,22,25H,10-14H2,1H3. The highest BCUT2D eigenvalue weighted by Crippen LogP contribution is 2.27. The van der Waals surface area contributed by atoms with Gasteiger partial charge >= 0.3 is 0 Å². The monoisotopic (exact) mass is 349 g/mol. The van der Waals surface area contributed by atoms with E-state index in [9.17, 15) is 9.90 Å². The number of carbonyl (C=O) groups is 1. The van der Waals surface area contributed by atoms with Gasteiger partial charge in [0.15, 0.2) is 0 Å². The number of nitrogens with one attached hydrogen (secondary N) is 1. The summed E-state index contributed by atoms with van der Waals surface area (Å²) in [6, 6.07) is 15.5. The zero-order valence-electron chi connectivity index (χ0n) is 14.9. The first-order chi connectivity index (χ1) is 12.6. The molecule has 2 aromatic carbocycles. The van der Waals surface area contributed by atoms with E-state index in [0.29, 0.717) is 25.3 Å². The number of amides is 1. The first-order valence-corrected chi connectivity index (χ1v) is 9.00. The SMILES string of the molecule is Cc1[nH]c2ccccc2c1CC(=O)N1CCN(c2ccccc2O)CC1. The zero-order chi connectivity index (χ0) is 18.1. The van der Waals surface area contributed by atoms with Gasteiger partial charge in [-0.1, -0.05) is 30.3 Å². The van der Waals surface area contributed by atoms with Crippen LogP contribution in [0.15, 0.2) is 48.5 Å². The second kappa shape index (κ2) is 6.75. The minimum absolute atomic E-state index is 0.162. The molecule has 0 saturated carbocycles. The lowest BCUT2D eigenvalue weighted by Gasteiger charge is -2.36. The fourth-order valence-corrected chi connectivity index (χ4v) is 3.75. The molecule has 0 bridgehead atoms.